The van der Waals surface area contributed by atoms with Gasteiger partial charge < -0.3 is 19.7 Å². The van der Waals surface area contributed by atoms with Crippen molar-refractivity contribution in [1.29, 1.82) is 0 Å². The zero-order valence-corrected chi connectivity index (χ0v) is 17.2. The maximum atomic E-state index is 12.7. The molecule has 2 aliphatic heterocycles. The molecule has 6 heteroatoms. The summed E-state index contributed by atoms with van der Waals surface area (Å²) in [5.41, 5.74) is 1.94. The molecule has 5 rings (SSSR count). The molecule has 0 spiro atoms. The van der Waals surface area contributed by atoms with Crippen LogP contribution in [0.2, 0.25) is 0 Å². The SMILES string of the molecule is O=C(NCCc1cccc2ccccc12)C1CC(=O)N(c2ccc3c(c2)OCCO3)C1. The number of amides is 2. The van der Waals surface area contributed by atoms with Crippen LogP contribution >= 0.6 is 0 Å². The second kappa shape index (κ2) is 8.30. The summed E-state index contributed by atoms with van der Waals surface area (Å²) in [6, 6.07) is 19.9. The third kappa shape index (κ3) is 3.93. The molecule has 2 aliphatic rings. The van der Waals surface area contributed by atoms with E-state index in [9.17, 15) is 9.59 Å². The molecule has 2 amide bonds. The van der Waals surface area contributed by atoms with Crippen LogP contribution in [0.25, 0.3) is 10.8 Å². The minimum absolute atomic E-state index is 0.0501. The van der Waals surface area contributed by atoms with Crippen molar-refractivity contribution in [2.75, 3.05) is 31.2 Å². The van der Waals surface area contributed by atoms with Crippen molar-refractivity contribution in [2.24, 2.45) is 5.92 Å². The van der Waals surface area contributed by atoms with E-state index in [1.807, 2.05) is 36.4 Å². The Balaban J connectivity index is 1.20. The van der Waals surface area contributed by atoms with Gasteiger partial charge in [-0.1, -0.05) is 42.5 Å². The fourth-order valence-corrected chi connectivity index (χ4v) is 4.31. The number of rotatable bonds is 5. The molecule has 0 radical (unpaired) electrons. The van der Waals surface area contributed by atoms with Crippen LogP contribution in [0.4, 0.5) is 5.69 Å². The first-order valence-electron chi connectivity index (χ1n) is 10.6. The van der Waals surface area contributed by atoms with Gasteiger partial charge in [0.2, 0.25) is 11.8 Å². The van der Waals surface area contributed by atoms with Crippen molar-refractivity contribution in [3.8, 4) is 11.5 Å². The Morgan fingerprint density at radius 3 is 2.71 bits per heavy atom. The van der Waals surface area contributed by atoms with E-state index >= 15 is 0 Å². The van der Waals surface area contributed by atoms with Crippen LogP contribution < -0.4 is 19.7 Å². The summed E-state index contributed by atoms with van der Waals surface area (Å²) in [6.45, 7) is 1.93. The van der Waals surface area contributed by atoms with E-state index in [0.717, 1.165) is 12.1 Å². The molecule has 0 bridgehead atoms. The molecule has 0 aromatic heterocycles. The van der Waals surface area contributed by atoms with Crippen molar-refractivity contribution in [1.82, 2.24) is 5.32 Å². The Bertz CT molecular complexity index is 1140. The van der Waals surface area contributed by atoms with Crippen LogP contribution in [-0.2, 0) is 16.0 Å². The molecule has 1 fully saturated rings. The summed E-state index contributed by atoms with van der Waals surface area (Å²) >= 11 is 0. The Morgan fingerprint density at radius 1 is 1.00 bits per heavy atom. The van der Waals surface area contributed by atoms with Crippen molar-refractivity contribution in [3.05, 3.63) is 66.2 Å². The topological polar surface area (TPSA) is 67.9 Å². The number of fused-ring (bicyclic) bond motifs is 2. The minimum Gasteiger partial charge on any atom is -0.486 e. The molecule has 1 N–H and O–H groups in total. The smallest absolute Gasteiger partial charge is 0.227 e. The molecule has 158 valence electrons. The lowest BCUT2D eigenvalue weighted by atomic mass is 10.0. The van der Waals surface area contributed by atoms with Gasteiger partial charge in [0.25, 0.3) is 0 Å². The van der Waals surface area contributed by atoms with E-state index in [-0.39, 0.29) is 24.2 Å². The van der Waals surface area contributed by atoms with Crippen LogP contribution in [0.3, 0.4) is 0 Å². The number of anilines is 1. The highest BCUT2D eigenvalue weighted by molar-refractivity contribution is 6.00. The van der Waals surface area contributed by atoms with E-state index in [2.05, 4.69) is 29.6 Å². The molecule has 1 saturated heterocycles. The third-order valence-electron chi connectivity index (χ3n) is 5.91. The fourth-order valence-electron chi connectivity index (χ4n) is 4.31. The van der Waals surface area contributed by atoms with Crippen LogP contribution in [0.15, 0.2) is 60.7 Å². The summed E-state index contributed by atoms with van der Waals surface area (Å²) < 4.78 is 11.2. The van der Waals surface area contributed by atoms with Gasteiger partial charge in [-0.15, -0.1) is 0 Å². The Labute approximate surface area is 180 Å². The molecular weight excluding hydrogens is 392 g/mol. The lowest BCUT2D eigenvalue weighted by molar-refractivity contribution is -0.126. The quantitative estimate of drug-likeness (QED) is 0.693. The number of hydrogen-bond acceptors (Lipinski definition) is 4. The van der Waals surface area contributed by atoms with Crippen LogP contribution in [0.1, 0.15) is 12.0 Å². The number of hydrogen-bond donors (Lipinski definition) is 1. The van der Waals surface area contributed by atoms with E-state index in [4.69, 9.17) is 9.47 Å². The monoisotopic (exact) mass is 416 g/mol. The van der Waals surface area contributed by atoms with Gasteiger partial charge in [0, 0.05) is 31.3 Å². The molecule has 0 saturated carbocycles. The first-order chi connectivity index (χ1) is 15.2. The highest BCUT2D eigenvalue weighted by atomic mass is 16.6. The number of benzene rings is 3. The highest BCUT2D eigenvalue weighted by Gasteiger charge is 2.35. The normalized spacial score (nSPS) is 17.7. The van der Waals surface area contributed by atoms with Gasteiger partial charge in [0.15, 0.2) is 11.5 Å². The van der Waals surface area contributed by atoms with Crippen molar-refractivity contribution >= 4 is 28.3 Å². The Hall–Kier alpha value is -3.54. The number of carbonyl (C=O) groups excluding carboxylic acids is 2. The van der Waals surface area contributed by atoms with Crippen molar-refractivity contribution in [2.45, 2.75) is 12.8 Å². The summed E-state index contributed by atoms with van der Waals surface area (Å²) in [6.07, 6.45) is 0.966. The predicted molar refractivity (Wildman–Crippen MR) is 119 cm³/mol. The number of carbonyl (C=O) groups is 2. The number of nitrogens with one attached hydrogen (secondary N) is 1. The molecule has 2 heterocycles. The third-order valence-corrected chi connectivity index (χ3v) is 5.91. The first-order valence-corrected chi connectivity index (χ1v) is 10.6. The maximum absolute atomic E-state index is 12.7. The summed E-state index contributed by atoms with van der Waals surface area (Å²) in [5, 5.41) is 5.42. The van der Waals surface area contributed by atoms with E-state index < -0.39 is 0 Å². The number of nitrogens with zero attached hydrogens (tertiary/aromatic N) is 1. The minimum atomic E-state index is -0.354. The maximum Gasteiger partial charge on any atom is 0.227 e. The zero-order valence-electron chi connectivity index (χ0n) is 17.2. The van der Waals surface area contributed by atoms with E-state index in [1.165, 1.54) is 16.3 Å². The lowest BCUT2D eigenvalue weighted by Crippen LogP contribution is -2.34. The predicted octanol–water partition coefficient (Wildman–Crippen LogP) is 3.32. The van der Waals surface area contributed by atoms with Gasteiger partial charge in [0.05, 0.1) is 5.92 Å². The van der Waals surface area contributed by atoms with Crippen LogP contribution in [-0.4, -0.2) is 38.1 Å². The Morgan fingerprint density at radius 2 is 1.81 bits per heavy atom. The van der Waals surface area contributed by atoms with Crippen LogP contribution in [0.5, 0.6) is 11.5 Å². The first kappa shape index (κ1) is 19.4. The van der Waals surface area contributed by atoms with Gasteiger partial charge in [-0.2, -0.15) is 0 Å². The molecule has 31 heavy (non-hydrogen) atoms. The van der Waals surface area contributed by atoms with Crippen LogP contribution in [0, 0.1) is 5.92 Å². The fraction of sp³-hybridized carbons (Fsp3) is 0.280. The van der Waals surface area contributed by atoms with Crippen molar-refractivity contribution < 1.29 is 19.1 Å². The average molecular weight is 416 g/mol. The lowest BCUT2D eigenvalue weighted by Gasteiger charge is -2.22. The summed E-state index contributed by atoms with van der Waals surface area (Å²) in [5.74, 6) is 0.844. The molecule has 6 nitrogen and oxygen atoms in total. The number of ether oxygens (including phenoxy) is 2. The van der Waals surface area contributed by atoms with Gasteiger partial charge in [-0.25, -0.2) is 0 Å². The highest BCUT2D eigenvalue weighted by Crippen LogP contribution is 2.36. The molecule has 3 aromatic carbocycles. The molecule has 1 atom stereocenters. The largest absolute Gasteiger partial charge is 0.486 e. The molecular formula is C25H24N2O4. The summed E-state index contributed by atoms with van der Waals surface area (Å²) in [7, 11) is 0. The summed E-state index contributed by atoms with van der Waals surface area (Å²) in [4.78, 5) is 27.0. The zero-order chi connectivity index (χ0) is 21.2. The molecule has 3 aromatic rings. The van der Waals surface area contributed by atoms with Gasteiger partial charge in [0.1, 0.15) is 13.2 Å². The second-order valence-corrected chi connectivity index (χ2v) is 7.91. The average Bonchev–Trinajstić information content (AvgIpc) is 3.20. The molecule has 1 unspecified atom stereocenters. The van der Waals surface area contributed by atoms with Gasteiger partial charge in [-0.3, -0.25) is 9.59 Å². The Kier molecular flexibility index (Phi) is 5.20. The van der Waals surface area contributed by atoms with Gasteiger partial charge >= 0.3 is 0 Å². The molecule has 0 aliphatic carbocycles. The van der Waals surface area contributed by atoms with Crippen molar-refractivity contribution in [3.63, 3.8) is 0 Å². The van der Waals surface area contributed by atoms with E-state index in [1.54, 1.807) is 4.90 Å². The van der Waals surface area contributed by atoms with E-state index in [0.29, 0.717) is 37.8 Å². The van der Waals surface area contributed by atoms with Gasteiger partial charge in [-0.05, 0) is 34.9 Å². The second-order valence-electron chi connectivity index (χ2n) is 7.91. The standard InChI is InChI=1S/C25H24N2O4/c28-24-14-19(16-27(24)20-8-9-22-23(15-20)31-13-12-30-22)25(29)26-11-10-18-6-3-5-17-4-1-2-7-21(17)18/h1-9,15,19H,10-14,16H2,(H,26,29).